The monoisotopic (exact) mass is 335 g/mol. The molecule has 1 aliphatic carbocycles. The third kappa shape index (κ3) is 3.13. The van der Waals surface area contributed by atoms with Crippen LogP contribution in [0.15, 0.2) is 42.5 Å². The highest BCUT2D eigenvalue weighted by Gasteiger charge is 2.28. The third-order valence-corrected chi connectivity index (χ3v) is 5.50. The summed E-state index contributed by atoms with van der Waals surface area (Å²) in [5.41, 5.74) is 4.83. The number of aromatic nitrogens is 2. The Morgan fingerprint density at radius 1 is 1.12 bits per heavy atom. The van der Waals surface area contributed by atoms with Crippen LogP contribution in [-0.4, -0.2) is 33.7 Å². The number of amides is 1. The first-order valence-corrected chi connectivity index (χ1v) is 9.28. The molecular formula is C21H25N3O. The van der Waals surface area contributed by atoms with Crippen molar-refractivity contribution in [1.29, 1.82) is 0 Å². The Morgan fingerprint density at radius 2 is 1.92 bits per heavy atom. The normalized spacial score (nSPS) is 20.2. The predicted octanol–water partition coefficient (Wildman–Crippen LogP) is 3.37. The fraction of sp³-hybridized carbons (Fsp3) is 0.429. The van der Waals surface area contributed by atoms with Gasteiger partial charge in [-0.2, -0.15) is 5.10 Å². The van der Waals surface area contributed by atoms with E-state index in [9.17, 15) is 4.79 Å². The first-order chi connectivity index (χ1) is 12.2. The van der Waals surface area contributed by atoms with Crippen molar-refractivity contribution < 1.29 is 4.79 Å². The Morgan fingerprint density at radius 3 is 2.68 bits per heavy atom. The quantitative estimate of drug-likeness (QED) is 0.789. The molecule has 1 aliphatic heterocycles. The molecule has 1 amide bonds. The molecule has 0 spiro atoms. The van der Waals surface area contributed by atoms with Crippen molar-refractivity contribution >= 4 is 5.91 Å². The molecule has 2 heterocycles. The van der Waals surface area contributed by atoms with E-state index in [0.29, 0.717) is 5.91 Å². The summed E-state index contributed by atoms with van der Waals surface area (Å²) in [7, 11) is 2.02. The number of allylic oxidation sites excluding steroid dienone is 2. The smallest absolute Gasteiger partial charge is 0.226 e. The summed E-state index contributed by atoms with van der Waals surface area (Å²) in [6, 6.07) is 10.4. The highest BCUT2D eigenvalue weighted by atomic mass is 16.2. The lowest BCUT2D eigenvalue weighted by Gasteiger charge is -2.26. The Hall–Kier alpha value is -2.36. The van der Waals surface area contributed by atoms with Gasteiger partial charge in [-0.1, -0.05) is 42.5 Å². The average Bonchev–Trinajstić information content (AvgIpc) is 2.84. The van der Waals surface area contributed by atoms with Crippen LogP contribution in [-0.2, 0) is 24.7 Å². The standard InChI is InChI=1S/C21H25N3O/c1-23-19-13-15-24(21(25)17-10-6-3-7-11-17)14-12-18(19)20(22-23)16-8-4-2-5-9-16/h2-6,8-9,17H,7,10-15H2,1H3. The lowest BCUT2D eigenvalue weighted by molar-refractivity contribution is -0.135. The summed E-state index contributed by atoms with van der Waals surface area (Å²) < 4.78 is 2.01. The number of nitrogens with zero attached hydrogens (tertiary/aromatic N) is 3. The van der Waals surface area contributed by atoms with Gasteiger partial charge in [0.15, 0.2) is 0 Å². The lowest BCUT2D eigenvalue weighted by Crippen LogP contribution is -2.38. The van der Waals surface area contributed by atoms with Gasteiger partial charge in [0, 0.05) is 49.3 Å². The van der Waals surface area contributed by atoms with Crippen molar-refractivity contribution in [2.24, 2.45) is 13.0 Å². The zero-order chi connectivity index (χ0) is 17.2. The highest BCUT2D eigenvalue weighted by Crippen LogP contribution is 2.29. The topological polar surface area (TPSA) is 38.1 Å². The maximum absolute atomic E-state index is 12.9. The Kier molecular flexibility index (Phi) is 4.43. The minimum Gasteiger partial charge on any atom is -0.342 e. The molecule has 0 saturated carbocycles. The fourth-order valence-corrected chi connectivity index (χ4v) is 4.10. The summed E-state index contributed by atoms with van der Waals surface area (Å²) in [5, 5.41) is 4.77. The first-order valence-electron chi connectivity index (χ1n) is 9.28. The lowest BCUT2D eigenvalue weighted by atomic mass is 9.93. The molecule has 0 fully saturated rings. The van der Waals surface area contributed by atoms with Crippen molar-refractivity contribution in [2.75, 3.05) is 13.1 Å². The van der Waals surface area contributed by atoms with Crippen LogP contribution in [0.25, 0.3) is 11.3 Å². The molecule has 4 rings (SSSR count). The van der Waals surface area contributed by atoms with E-state index in [4.69, 9.17) is 5.10 Å². The molecule has 0 N–H and O–H groups in total. The Labute approximate surface area is 149 Å². The van der Waals surface area contributed by atoms with Gasteiger partial charge >= 0.3 is 0 Å². The molecule has 130 valence electrons. The van der Waals surface area contributed by atoms with Crippen LogP contribution in [0.2, 0.25) is 0 Å². The van der Waals surface area contributed by atoms with Crippen molar-refractivity contribution in [3.8, 4) is 11.3 Å². The predicted molar refractivity (Wildman–Crippen MR) is 99.1 cm³/mol. The summed E-state index contributed by atoms with van der Waals surface area (Å²) in [5.74, 6) is 0.518. The maximum atomic E-state index is 12.9. The van der Waals surface area contributed by atoms with Crippen LogP contribution in [0.5, 0.6) is 0 Å². The van der Waals surface area contributed by atoms with Gasteiger partial charge in [0.1, 0.15) is 0 Å². The maximum Gasteiger partial charge on any atom is 0.226 e. The van der Waals surface area contributed by atoms with Crippen LogP contribution >= 0.6 is 0 Å². The molecule has 4 heteroatoms. The molecule has 1 aromatic heterocycles. The second-order valence-corrected chi connectivity index (χ2v) is 7.07. The van der Waals surface area contributed by atoms with Crippen LogP contribution < -0.4 is 0 Å². The minimum atomic E-state index is 0.179. The van der Waals surface area contributed by atoms with Crippen LogP contribution in [0.1, 0.15) is 30.5 Å². The van der Waals surface area contributed by atoms with Crippen molar-refractivity contribution in [3.63, 3.8) is 0 Å². The Balaban J connectivity index is 1.56. The highest BCUT2D eigenvalue weighted by molar-refractivity contribution is 5.79. The van der Waals surface area contributed by atoms with Gasteiger partial charge in [0.25, 0.3) is 0 Å². The van der Waals surface area contributed by atoms with Gasteiger partial charge in [-0.25, -0.2) is 0 Å². The molecule has 2 aromatic rings. The number of aryl methyl sites for hydroxylation is 1. The summed E-state index contributed by atoms with van der Waals surface area (Å²) in [6.07, 6.45) is 9.07. The van der Waals surface area contributed by atoms with E-state index in [2.05, 4.69) is 41.3 Å². The third-order valence-electron chi connectivity index (χ3n) is 5.50. The van der Waals surface area contributed by atoms with E-state index in [1.54, 1.807) is 0 Å². The number of carbonyl (C=O) groups excluding carboxylic acids is 1. The molecule has 0 bridgehead atoms. The SMILES string of the molecule is Cn1nc(-c2ccccc2)c2c1CCN(C(=O)C1CC=CCC1)CC2. The fourth-order valence-electron chi connectivity index (χ4n) is 4.10. The molecule has 0 saturated heterocycles. The molecule has 1 unspecified atom stereocenters. The van der Waals surface area contributed by atoms with Gasteiger partial charge < -0.3 is 4.90 Å². The molecule has 25 heavy (non-hydrogen) atoms. The van der Waals surface area contributed by atoms with E-state index in [0.717, 1.165) is 56.5 Å². The molecule has 4 nitrogen and oxygen atoms in total. The molecule has 1 aromatic carbocycles. The summed E-state index contributed by atoms with van der Waals surface area (Å²) in [4.78, 5) is 15.0. The van der Waals surface area contributed by atoms with Gasteiger partial charge in [0.2, 0.25) is 5.91 Å². The molecule has 2 aliphatic rings. The van der Waals surface area contributed by atoms with Gasteiger partial charge in [-0.15, -0.1) is 0 Å². The second kappa shape index (κ2) is 6.87. The Bertz CT molecular complexity index is 791. The number of benzene rings is 1. The average molecular weight is 335 g/mol. The number of carbonyl (C=O) groups is 1. The van der Waals surface area contributed by atoms with E-state index >= 15 is 0 Å². The zero-order valence-corrected chi connectivity index (χ0v) is 14.8. The number of rotatable bonds is 2. The van der Waals surface area contributed by atoms with Crippen molar-refractivity contribution in [2.45, 2.75) is 32.1 Å². The number of hydrogen-bond acceptors (Lipinski definition) is 2. The van der Waals surface area contributed by atoms with E-state index in [-0.39, 0.29) is 5.92 Å². The summed E-state index contributed by atoms with van der Waals surface area (Å²) in [6.45, 7) is 1.61. The number of fused-ring (bicyclic) bond motifs is 1. The molecular weight excluding hydrogens is 310 g/mol. The van der Waals surface area contributed by atoms with E-state index in [1.807, 2.05) is 17.8 Å². The van der Waals surface area contributed by atoms with Crippen molar-refractivity contribution in [1.82, 2.24) is 14.7 Å². The van der Waals surface area contributed by atoms with Crippen molar-refractivity contribution in [3.05, 3.63) is 53.7 Å². The van der Waals surface area contributed by atoms with Gasteiger partial charge in [0.05, 0.1) is 5.69 Å². The molecule has 1 atom stereocenters. The zero-order valence-electron chi connectivity index (χ0n) is 14.8. The van der Waals surface area contributed by atoms with E-state index in [1.165, 1.54) is 11.3 Å². The van der Waals surface area contributed by atoms with Crippen LogP contribution in [0.4, 0.5) is 0 Å². The number of hydrogen-bond donors (Lipinski definition) is 0. The largest absolute Gasteiger partial charge is 0.342 e. The van der Waals surface area contributed by atoms with Gasteiger partial charge in [-0.3, -0.25) is 9.48 Å². The van der Waals surface area contributed by atoms with Crippen LogP contribution in [0, 0.1) is 5.92 Å². The first kappa shape index (κ1) is 16.1. The van der Waals surface area contributed by atoms with Crippen LogP contribution in [0.3, 0.4) is 0 Å². The minimum absolute atomic E-state index is 0.179. The van der Waals surface area contributed by atoms with Gasteiger partial charge in [-0.05, 0) is 25.7 Å². The summed E-state index contributed by atoms with van der Waals surface area (Å²) >= 11 is 0. The van der Waals surface area contributed by atoms with E-state index < -0.39 is 0 Å². The second-order valence-electron chi connectivity index (χ2n) is 7.07. The molecule has 0 radical (unpaired) electrons.